The van der Waals surface area contributed by atoms with Crippen LogP contribution in [0.4, 0.5) is 39.5 Å². The summed E-state index contributed by atoms with van der Waals surface area (Å²) in [5, 5.41) is 0. The third kappa shape index (κ3) is 2.70. The average molecular weight is 423 g/mol. The van der Waals surface area contributed by atoms with Crippen LogP contribution in [0.25, 0.3) is 0 Å². The van der Waals surface area contributed by atoms with Crippen molar-refractivity contribution >= 4 is 12.4 Å². The van der Waals surface area contributed by atoms with E-state index in [0.29, 0.717) is 19.2 Å². The molecule has 0 bridgehead atoms. The van der Waals surface area contributed by atoms with Gasteiger partial charge in [0.05, 0.1) is 7.11 Å². The van der Waals surface area contributed by atoms with Crippen molar-refractivity contribution in [3.63, 3.8) is 0 Å². The van der Waals surface area contributed by atoms with Crippen molar-refractivity contribution in [2.24, 2.45) is 4.99 Å². The number of esters is 1. The minimum atomic E-state index is -7.17. The van der Waals surface area contributed by atoms with Gasteiger partial charge in [-0.3, -0.25) is 0 Å². The van der Waals surface area contributed by atoms with Gasteiger partial charge in [0.1, 0.15) is 0 Å². The number of aliphatic imine (C=N–C) groups is 1. The van der Waals surface area contributed by atoms with E-state index in [1.807, 2.05) is 0 Å². The van der Waals surface area contributed by atoms with Crippen LogP contribution in [0.2, 0.25) is 0 Å². The van der Waals surface area contributed by atoms with E-state index in [2.05, 4.69) is 14.5 Å². The Balaban J connectivity index is 2.79. The van der Waals surface area contributed by atoms with Crippen LogP contribution in [0.1, 0.15) is 5.56 Å². The van der Waals surface area contributed by atoms with Crippen LogP contribution >= 0.6 is 0 Å². The molecule has 0 N–H and O–H groups in total. The van der Waals surface area contributed by atoms with E-state index in [0.717, 1.165) is 12.1 Å². The zero-order valence-corrected chi connectivity index (χ0v) is 13.6. The second-order valence-electron chi connectivity index (χ2n) is 5.62. The number of carbonyl (C=O) groups is 1. The highest BCUT2D eigenvalue weighted by atomic mass is 19.4. The standard InChI is InChI=1S/C15H10F9NO3/c1-27-10(26)9-11(28-7-25-9,8-5-3-2-4-6-8)12(16,17)13(18,19)14(20,21)15(22,23)24/h2-7,9H,1H3/t9-,11+/m0/s1. The number of hydrogen-bond acceptors (Lipinski definition) is 4. The van der Waals surface area contributed by atoms with Crippen molar-refractivity contribution in [2.75, 3.05) is 7.11 Å². The van der Waals surface area contributed by atoms with Crippen molar-refractivity contribution in [2.45, 2.75) is 35.6 Å². The van der Waals surface area contributed by atoms with Crippen LogP contribution in [-0.4, -0.2) is 49.5 Å². The SMILES string of the molecule is COC(=O)[C@@H]1N=CO[C@@]1(c1ccccc1)C(F)(F)C(F)(F)C(F)(F)C(F)(F)F. The van der Waals surface area contributed by atoms with Gasteiger partial charge in [-0.15, -0.1) is 0 Å². The molecule has 2 atom stereocenters. The number of carbonyl (C=O) groups excluding carboxylic acids is 1. The molecule has 0 fully saturated rings. The zero-order chi connectivity index (χ0) is 21.6. The Morgan fingerprint density at radius 2 is 1.54 bits per heavy atom. The summed E-state index contributed by atoms with van der Waals surface area (Å²) < 4.78 is 131. The maximum Gasteiger partial charge on any atom is 0.460 e. The van der Waals surface area contributed by atoms with Crippen molar-refractivity contribution in [1.29, 1.82) is 0 Å². The minimum absolute atomic E-state index is 0.0876. The molecule has 0 aromatic heterocycles. The number of alkyl halides is 9. The van der Waals surface area contributed by atoms with Crippen LogP contribution in [0.3, 0.4) is 0 Å². The molecule has 2 rings (SSSR count). The van der Waals surface area contributed by atoms with E-state index in [4.69, 9.17) is 0 Å². The predicted octanol–water partition coefficient (Wildman–Crippen LogP) is 3.95. The van der Waals surface area contributed by atoms with Gasteiger partial charge in [-0.25, -0.2) is 9.79 Å². The van der Waals surface area contributed by atoms with Crippen molar-refractivity contribution in [3.8, 4) is 0 Å². The first-order valence-corrected chi connectivity index (χ1v) is 7.21. The van der Waals surface area contributed by atoms with E-state index in [-0.39, 0.29) is 6.40 Å². The molecule has 0 spiro atoms. The summed E-state index contributed by atoms with van der Waals surface area (Å²) in [7, 11) is 0.645. The average Bonchev–Trinajstić information content (AvgIpc) is 3.07. The van der Waals surface area contributed by atoms with Gasteiger partial charge in [0.25, 0.3) is 0 Å². The number of benzene rings is 1. The summed E-state index contributed by atoms with van der Waals surface area (Å²) in [6.07, 6.45) is -6.94. The van der Waals surface area contributed by atoms with Gasteiger partial charge in [-0.05, 0) is 0 Å². The fraction of sp³-hybridized carbons (Fsp3) is 0.467. The summed E-state index contributed by atoms with van der Waals surface area (Å²) in [6.45, 7) is 0. The number of halogens is 9. The maximum atomic E-state index is 14.9. The van der Waals surface area contributed by atoms with Gasteiger partial charge in [0.2, 0.25) is 11.6 Å². The van der Waals surface area contributed by atoms with Gasteiger partial charge in [0.15, 0.2) is 6.40 Å². The number of methoxy groups -OCH3 is 1. The summed E-state index contributed by atoms with van der Waals surface area (Å²) in [5.74, 6) is -22.2. The maximum absolute atomic E-state index is 14.9. The molecule has 4 nitrogen and oxygen atoms in total. The molecule has 0 radical (unpaired) electrons. The molecule has 1 aliphatic rings. The number of ether oxygens (including phenoxy) is 2. The van der Waals surface area contributed by atoms with Crippen LogP contribution in [0, 0.1) is 0 Å². The van der Waals surface area contributed by atoms with E-state index >= 15 is 0 Å². The molecular weight excluding hydrogens is 413 g/mol. The number of nitrogens with zero attached hydrogens (tertiary/aromatic N) is 1. The normalized spacial score (nSPS) is 23.4. The van der Waals surface area contributed by atoms with Gasteiger partial charge >= 0.3 is 29.9 Å². The minimum Gasteiger partial charge on any atom is -0.467 e. The highest BCUT2D eigenvalue weighted by molar-refractivity contribution is 5.82. The van der Waals surface area contributed by atoms with Crippen LogP contribution in [-0.2, 0) is 19.9 Å². The lowest BCUT2D eigenvalue weighted by Gasteiger charge is -2.43. The Hall–Kier alpha value is -2.47. The number of rotatable bonds is 5. The largest absolute Gasteiger partial charge is 0.467 e. The molecule has 156 valence electrons. The second-order valence-corrected chi connectivity index (χ2v) is 5.62. The molecule has 1 aliphatic heterocycles. The van der Waals surface area contributed by atoms with Crippen LogP contribution in [0.5, 0.6) is 0 Å². The third-order valence-electron chi connectivity index (χ3n) is 4.07. The first-order valence-electron chi connectivity index (χ1n) is 7.21. The van der Waals surface area contributed by atoms with Gasteiger partial charge < -0.3 is 9.47 Å². The summed E-state index contributed by atoms with van der Waals surface area (Å²) in [6, 6.07) is 1.86. The topological polar surface area (TPSA) is 47.9 Å². The van der Waals surface area contributed by atoms with Gasteiger partial charge in [-0.1, -0.05) is 30.3 Å². The van der Waals surface area contributed by atoms with E-state index in [1.54, 1.807) is 0 Å². The van der Waals surface area contributed by atoms with Crippen molar-refractivity contribution in [1.82, 2.24) is 0 Å². The van der Waals surface area contributed by atoms with Gasteiger partial charge in [0, 0.05) is 5.56 Å². The first-order chi connectivity index (χ1) is 12.7. The lowest BCUT2D eigenvalue weighted by Crippen LogP contribution is -2.70. The molecule has 0 saturated carbocycles. The van der Waals surface area contributed by atoms with E-state index < -0.39 is 47.1 Å². The summed E-state index contributed by atoms with van der Waals surface area (Å²) >= 11 is 0. The van der Waals surface area contributed by atoms with Gasteiger partial charge in [-0.2, -0.15) is 39.5 Å². The molecule has 0 amide bonds. The molecule has 13 heteroatoms. The molecule has 1 heterocycles. The van der Waals surface area contributed by atoms with E-state index in [9.17, 15) is 44.3 Å². The Kier molecular flexibility index (Phi) is 5.11. The molecule has 0 aliphatic carbocycles. The highest BCUT2D eigenvalue weighted by Crippen LogP contribution is 2.61. The lowest BCUT2D eigenvalue weighted by atomic mass is 9.76. The molecule has 1 aromatic rings. The van der Waals surface area contributed by atoms with Crippen molar-refractivity contribution in [3.05, 3.63) is 35.9 Å². The second kappa shape index (κ2) is 6.55. The first kappa shape index (κ1) is 21.8. The summed E-state index contributed by atoms with van der Waals surface area (Å²) in [4.78, 5) is 14.9. The van der Waals surface area contributed by atoms with Crippen LogP contribution in [0.15, 0.2) is 35.3 Å². The molecule has 0 saturated heterocycles. The lowest BCUT2D eigenvalue weighted by molar-refractivity contribution is -0.416. The quantitative estimate of drug-likeness (QED) is 0.533. The molecular formula is C15H10F9NO3. The monoisotopic (exact) mass is 423 g/mol. The Morgan fingerprint density at radius 1 is 1.00 bits per heavy atom. The smallest absolute Gasteiger partial charge is 0.460 e. The zero-order valence-electron chi connectivity index (χ0n) is 13.6. The van der Waals surface area contributed by atoms with E-state index in [1.165, 1.54) is 6.07 Å². The molecule has 28 heavy (non-hydrogen) atoms. The summed E-state index contributed by atoms with van der Waals surface area (Å²) in [5.41, 5.74) is -5.02. The Labute approximate surface area is 150 Å². The third-order valence-corrected chi connectivity index (χ3v) is 4.07. The Morgan fingerprint density at radius 3 is 2.00 bits per heavy atom. The van der Waals surface area contributed by atoms with Crippen LogP contribution < -0.4 is 0 Å². The highest BCUT2D eigenvalue weighted by Gasteiger charge is 2.88. The molecule has 0 unspecified atom stereocenters. The fourth-order valence-corrected chi connectivity index (χ4v) is 2.63. The Bertz CT molecular complexity index is 764. The number of hydrogen-bond donors (Lipinski definition) is 0. The van der Waals surface area contributed by atoms with Crippen molar-refractivity contribution < 1.29 is 53.8 Å². The predicted molar refractivity (Wildman–Crippen MR) is 74.4 cm³/mol. The molecule has 1 aromatic carbocycles. The fourth-order valence-electron chi connectivity index (χ4n) is 2.63.